The lowest BCUT2D eigenvalue weighted by atomic mass is 10.2. The Bertz CT molecular complexity index is 755. The number of rotatable bonds is 5. The van der Waals surface area contributed by atoms with Gasteiger partial charge in [-0.1, -0.05) is 12.1 Å². The SMILES string of the molecule is COc1ccc(-c2nc(CSc3ccccc3F)co2)cc1. The molecule has 0 N–H and O–H groups in total. The number of benzene rings is 2. The summed E-state index contributed by atoms with van der Waals surface area (Å²) in [6, 6.07) is 14.2. The third-order valence-electron chi connectivity index (χ3n) is 3.10. The van der Waals surface area contributed by atoms with E-state index in [1.807, 2.05) is 30.3 Å². The van der Waals surface area contributed by atoms with E-state index in [0.717, 1.165) is 17.0 Å². The first-order chi connectivity index (χ1) is 10.8. The van der Waals surface area contributed by atoms with Crippen LogP contribution in [0.1, 0.15) is 5.69 Å². The Morgan fingerprint density at radius 1 is 1.14 bits per heavy atom. The van der Waals surface area contributed by atoms with Crippen LogP contribution >= 0.6 is 11.8 Å². The van der Waals surface area contributed by atoms with Gasteiger partial charge < -0.3 is 9.15 Å². The summed E-state index contributed by atoms with van der Waals surface area (Å²) < 4.78 is 24.2. The van der Waals surface area contributed by atoms with E-state index in [2.05, 4.69) is 4.98 Å². The largest absolute Gasteiger partial charge is 0.497 e. The molecule has 22 heavy (non-hydrogen) atoms. The van der Waals surface area contributed by atoms with E-state index in [0.29, 0.717) is 16.5 Å². The van der Waals surface area contributed by atoms with Gasteiger partial charge in [0.05, 0.1) is 12.8 Å². The number of methoxy groups -OCH3 is 1. The van der Waals surface area contributed by atoms with E-state index in [1.165, 1.54) is 17.8 Å². The Kier molecular flexibility index (Phi) is 4.44. The molecule has 0 amide bonds. The maximum atomic E-state index is 13.6. The Balaban J connectivity index is 1.69. The van der Waals surface area contributed by atoms with Gasteiger partial charge in [-0.3, -0.25) is 0 Å². The van der Waals surface area contributed by atoms with Gasteiger partial charge in [0.1, 0.15) is 17.8 Å². The lowest BCUT2D eigenvalue weighted by Crippen LogP contribution is -1.85. The fourth-order valence-electron chi connectivity index (χ4n) is 1.95. The number of thioether (sulfide) groups is 1. The Labute approximate surface area is 132 Å². The summed E-state index contributed by atoms with van der Waals surface area (Å²) in [6.45, 7) is 0. The van der Waals surface area contributed by atoms with Crippen LogP contribution in [0, 0.1) is 5.82 Å². The minimum absolute atomic E-state index is 0.216. The van der Waals surface area contributed by atoms with Crippen molar-refractivity contribution >= 4 is 11.8 Å². The van der Waals surface area contributed by atoms with Gasteiger partial charge in [-0.15, -0.1) is 11.8 Å². The fraction of sp³-hybridized carbons (Fsp3) is 0.118. The van der Waals surface area contributed by atoms with Crippen LogP contribution < -0.4 is 4.74 Å². The van der Waals surface area contributed by atoms with Crippen molar-refractivity contribution in [1.29, 1.82) is 0 Å². The Hall–Kier alpha value is -2.27. The van der Waals surface area contributed by atoms with Crippen LogP contribution in [0.3, 0.4) is 0 Å². The molecule has 0 radical (unpaired) electrons. The summed E-state index contributed by atoms with van der Waals surface area (Å²) >= 11 is 1.40. The van der Waals surface area contributed by atoms with Crippen molar-refractivity contribution in [3.05, 3.63) is 66.3 Å². The Morgan fingerprint density at radius 2 is 1.91 bits per heavy atom. The maximum Gasteiger partial charge on any atom is 0.226 e. The molecule has 5 heteroatoms. The van der Waals surface area contributed by atoms with Crippen molar-refractivity contribution in [2.24, 2.45) is 0 Å². The standard InChI is InChI=1S/C17H14FNO2S/c1-20-14-8-6-12(7-9-14)17-19-13(10-21-17)11-22-16-5-3-2-4-15(16)18/h2-10H,11H2,1H3. The van der Waals surface area contributed by atoms with Crippen LogP contribution in [0.15, 0.2) is 64.1 Å². The zero-order chi connectivity index (χ0) is 15.4. The van der Waals surface area contributed by atoms with E-state index in [9.17, 15) is 4.39 Å². The topological polar surface area (TPSA) is 35.3 Å². The first kappa shape index (κ1) is 14.7. The van der Waals surface area contributed by atoms with Crippen molar-refractivity contribution in [1.82, 2.24) is 4.98 Å². The quantitative estimate of drug-likeness (QED) is 0.635. The van der Waals surface area contributed by atoms with Crippen molar-refractivity contribution in [2.45, 2.75) is 10.6 Å². The average Bonchev–Trinajstić information content (AvgIpc) is 3.03. The van der Waals surface area contributed by atoms with E-state index in [1.54, 1.807) is 25.5 Å². The van der Waals surface area contributed by atoms with Crippen LogP contribution in [0.2, 0.25) is 0 Å². The molecule has 3 nitrogen and oxygen atoms in total. The van der Waals surface area contributed by atoms with Crippen molar-refractivity contribution < 1.29 is 13.5 Å². The molecule has 0 aliphatic rings. The molecule has 112 valence electrons. The molecule has 0 aliphatic heterocycles. The second kappa shape index (κ2) is 6.66. The average molecular weight is 315 g/mol. The molecular weight excluding hydrogens is 301 g/mol. The molecule has 0 aliphatic carbocycles. The summed E-state index contributed by atoms with van der Waals surface area (Å²) in [7, 11) is 1.62. The number of hydrogen-bond donors (Lipinski definition) is 0. The highest BCUT2D eigenvalue weighted by Gasteiger charge is 2.08. The lowest BCUT2D eigenvalue weighted by Gasteiger charge is -2.00. The van der Waals surface area contributed by atoms with E-state index >= 15 is 0 Å². The molecular formula is C17H14FNO2S. The van der Waals surface area contributed by atoms with Gasteiger partial charge in [-0.2, -0.15) is 0 Å². The monoisotopic (exact) mass is 315 g/mol. The highest BCUT2D eigenvalue weighted by atomic mass is 32.2. The van der Waals surface area contributed by atoms with Crippen molar-refractivity contribution in [3.63, 3.8) is 0 Å². The minimum Gasteiger partial charge on any atom is -0.497 e. The molecule has 0 fully saturated rings. The van der Waals surface area contributed by atoms with Crippen molar-refractivity contribution in [3.8, 4) is 17.2 Å². The molecule has 1 heterocycles. The molecule has 2 aromatic carbocycles. The van der Waals surface area contributed by atoms with Crippen LogP contribution in [0.4, 0.5) is 4.39 Å². The highest BCUT2D eigenvalue weighted by Crippen LogP contribution is 2.27. The third kappa shape index (κ3) is 3.31. The summed E-state index contributed by atoms with van der Waals surface area (Å²) in [6.07, 6.45) is 1.60. The zero-order valence-electron chi connectivity index (χ0n) is 12.0. The minimum atomic E-state index is -0.216. The molecule has 1 aromatic heterocycles. The fourth-order valence-corrected chi connectivity index (χ4v) is 2.77. The predicted octanol–water partition coefficient (Wildman–Crippen LogP) is 4.78. The van der Waals surface area contributed by atoms with Gasteiger partial charge in [0, 0.05) is 16.2 Å². The lowest BCUT2D eigenvalue weighted by molar-refractivity contribution is 0.415. The molecule has 0 unspecified atom stereocenters. The number of aromatic nitrogens is 1. The number of oxazole rings is 1. The van der Waals surface area contributed by atoms with E-state index in [4.69, 9.17) is 9.15 Å². The molecule has 0 saturated carbocycles. The van der Waals surface area contributed by atoms with Gasteiger partial charge in [0.15, 0.2) is 0 Å². The first-order valence-corrected chi connectivity index (χ1v) is 7.71. The summed E-state index contributed by atoms with van der Waals surface area (Å²) in [5.41, 5.74) is 1.65. The maximum absolute atomic E-state index is 13.6. The van der Waals surface area contributed by atoms with Gasteiger partial charge in [0.2, 0.25) is 5.89 Å². The van der Waals surface area contributed by atoms with Crippen LogP contribution in [0.25, 0.3) is 11.5 Å². The molecule has 0 spiro atoms. The summed E-state index contributed by atoms with van der Waals surface area (Å²) in [5.74, 6) is 1.67. The van der Waals surface area contributed by atoms with E-state index < -0.39 is 0 Å². The normalized spacial score (nSPS) is 10.6. The van der Waals surface area contributed by atoms with Gasteiger partial charge >= 0.3 is 0 Å². The number of halogens is 1. The second-order valence-corrected chi connectivity index (χ2v) is 5.61. The van der Waals surface area contributed by atoms with Gasteiger partial charge in [-0.25, -0.2) is 9.37 Å². The zero-order valence-corrected chi connectivity index (χ0v) is 12.8. The molecule has 3 rings (SSSR count). The first-order valence-electron chi connectivity index (χ1n) is 6.72. The molecule has 0 bridgehead atoms. The van der Waals surface area contributed by atoms with Crippen LogP contribution in [-0.4, -0.2) is 12.1 Å². The third-order valence-corrected chi connectivity index (χ3v) is 4.18. The molecule has 0 atom stereocenters. The van der Waals surface area contributed by atoms with Crippen molar-refractivity contribution in [2.75, 3.05) is 7.11 Å². The second-order valence-electron chi connectivity index (χ2n) is 4.59. The van der Waals surface area contributed by atoms with Gasteiger partial charge in [-0.05, 0) is 36.4 Å². The number of ether oxygens (including phenoxy) is 1. The smallest absolute Gasteiger partial charge is 0.226 e. The van der Waals surface area contributed by atoms with E-state index in [-0.39, 0.29) is 5.82 Å². The summed E-state index contributed by atoms with van der Waals surface area (Å²) in [4.78, 5) is 5.04. The van der Waals surface area contributed by atoms with Gasteiger partial charge in [0.25, 0.3) is 0 Å². The highest BCUT2D eigenvalue weighted by molar-refractivity contribution is 7.98. The van der Waals surface area contributed by atoms with Crippen LogP contribution in [0.5, 0.6) is 5.75 Å². The molecule has 0 saturated heterocycles. The van der Waals surface area contributed by atoms with Crippen LogP contribution in [-0.2, 0) is 5.75 Å². The number of nitrogens with zero attached hydrogens (tertiary/aromatic N) is 1. The number of hydrogen-bond acceptors (Lipinski definition) is 4. The summed E-state index contributed by atoms with van der Waals surface area (Å²) in [5, 5.41) is 0. The predicted molar refractivity (Wildman–Crippen MR) is 84.5 cm³/mol. The molecule has 3 aromatic rings. The Morgan fingerprint density at radius 3 is 2.64 bits per heavy atom.